The molecule has 0 amide bonds. The summed E-state index contributed by atoms with van der Waals surface area (Å²) < 4.78 is 13.1. The second kappa shape index (κ2) is 8.55. The van der Waals surface area contributed by atoms with Crippen molar-refractivity contribution in [2.24, 2.45) is 0 Å². The van der Waals surface area contributed by atoms with Crippen LogP contribution in [0.25, 0.3) is 0 Å². The average molecular weight is 402 g/mol. The number of rotatable bonds is 6. The zero-order valence-electron chi connectivity index (χ0n) is 14.7. The number of Topliss-reactive ketones (excluding diaryl/α,β-unsaturated/α-hetero) is 1. The molecule has 1 atom stereocenters. The van der Waals surface area contributed by atoms with E-state index < -0.39 is 0 Å². The van der Waals surface area contributed by atoms with Crippen LogP contribution in [0.4, 0.5) is 10.1 Å². The number of aryl methyl sites for hydroxylation is 1. The van der Waals surface area contributed by atoms with Gasteiger partial charge < -0.3 is 5.32 Å². The van der Waals surface area contributed by atoms with Crippen molar-refractivity contribution in [2.75, 3.05) is 5.32 Å². The Bertz CT molecular complexity index is 957. The van der Waals surface area contributed by atoms with Gasteiger partial charge in [-0.05, 0) is 66.6 Å². The molecule has 27 heavy (non-hydrogen) atoms. The number of carbonyl (C=O) groups is 1. The monoisotopic (exact) mass is 401 g/mol. The number of halogens is 3. The van der Waals surface area contributed by atoms with Crippen LogP contribution in [0.3, 0.4) is 0 Å². The van der Waals surface area contributed by atoms with Gasteiger partial charge in [0.25, 0.3) is 0 Å². The van der Waals surface area contributed by atoms with Crippen LogP contribution in [0, 0.1) is 12.7 Å². The summed E-state index contributed by atoms with van der Waals surface area (Å²) in [5, 5.41) is 4.29. The third kappa shape index (κ3) is 5.09. The first-order valence-corrected chi connectivity index (χ1v) is 9.25. The molecule has 0 aliphatic rings. The van der Waals surface area contributed by atoms with E-state index >= 15 is 0 Å². The molecular formula is C22H18Cl2FNO. The van der Waals surface area contributed by atoms with Crippen LogP contribution in [0.1, 0.15) is 33.9 Å². The summed E-state index contributed by atoms with van der Waals surface area (Å²) in [5.41, 5.74) is 3.32. The zero-order valence-corrected chi connectivity index (χ0v) is 16.2. The molecule has 0 saturated heterocycles. The second-order valence-electron chi connectivity index (χ2n) is 6.37. The van der Waals surface area contributed by atoms with E-state index in [1.54, 1.807) is 12.1 Å². The van der Waals surface area contributed by atoms with E-state index in [0.29, 0.717) is 15.6 Å². The Morgan fingerprint density at radius 1 is 1.00 bits per heavy atom. The van der Waals surface area contributed by atoms with Gasteiger partial charge in [0.1, 0.15) is 5.82 Å². The third-order valence-electron chi connectivity index (χ3n) is 4.26. The minimum absolute atomic E-state index is 0.0915. The van der Waals surface area contributed by atoms with Crippen molar-refractivity contribution in [1.82, 2.24) is 0 Å². The number of anilines is 1. The Morgan fingerprint density at radius 3 is 2.41 bits per heavy atom. The number of nitrogens with one attached hydrogen (secondary N) is 1. The van der Waals surface area contributed by atoms with Gasteiger partial charge in [-0.3, -0.25) is 4.79 Å². The highest BCUT2D eigenvalue weighted by Crippen LogP contribution is 2.30. The Balaban J connectivity index is 1.89. The van der Waals surface area contributed by atoms with Gasteiger partial charge in [-0.2, -0.15) is 0 Å². The number of ketones is 1. The maximum atomic E-state index is 13.1. The molecule has 0 spiro atoms. The van der Waals surface area contributed by atoms with Gasteiger partial charge in [-0.25, -0.2) is 4.39 Å². The molecular weight excluding hydrogens is 384 g/mol. The molecule has 3 rings (SSSR count). The van der Waals surface area contributed by atoms with Crippen molar-refractivity contribution >= 4 is 34.7 Å². The number of hydrogen-bond donors (Lipinski definition) is 1. The summed E-state index contributed by atoms with van der Waals surface area (Å²) >= 11 is 12.2. The van der Waals surface area contributed by atoms with Gasteiger partial charge in [0.15, 0.2) is 5.78 Å². The molecule has 138 valence electrons. The standard InChI is InChI=1S/C22H18Cl2FNO/c1-14-3-2-4-18(11-14)26-21(16-7-10-19(23)20(24)12-16)13-22(27)15-5-8-17(25)9-6-15/h2-12,21,26H,13H2,1H3. The lowest BCUT2D eigenvalue weighted by atomic mass is 9.97. The lowest BCUT2D eigenvalue weighted by Gasteiger charge is -2.21. The Labute approximate surface area is 167 Å². The quantitative estimate of drug-likeness (QED) is 0.456. The molecule has 0 fully saturated rings. The highest BCUT2D eigenvalue weighted by Gasteiger charge is 2.18. The summed E-state index contributed by atoms with van der Waals surface area (Å²) in [7, 11) is 0. The summed E-state index contributed by atoms with van der Waals surface area (Å²) in [5.74, 6) is -0.461. The minimum Gasteiger partial charge on any atom is -0.378 e. The molecule has 1 unspecified atom stereocenters. The van der Waals surface area contributed by atoms with E-state index in [0.717, 1.165) is 16.8 Å². The smallest absolute Gasteiger partial charge is 0.165 e. The van der Waals surface area contributed by atoms with Crippen molar-refractivity contribution in [2.45, 2.75) is 19.4 Å². The fourth-order valence-electron chi connectivity index (χ4n) is 2.86. The fraction of sp³-hybridized carbons (Fsp3) is 0.136. The maximum Gasteiger partial charge on any atom is 0.165 e. The van der Waals surface area contributed by atoms with E-state index in [4.69, 9.17) is 23.2 Å². The highest BCUT2D eigenvalue weighted by molar-refractivity contribution is 6.42. The maximum absolute atomic E-state index is 13.1. The summed E-state index contributed by atoms with van der Waals surface area (Å²) in [4.78, 5) is 12.7. The molecule has 0 aliphatic carbocycles. The van der Waals surface area contributed by atoms with E-state index in [-0.39, 0.29) is 24.1 Å². The largest absolute Gasteiger partial charge is 0.378 e. The number of hydrogen-bond acceptors (Lipinski definition) is 2. The number of benzene rings is 3. The first-order valence-electron chi connectivity index (χ1n) is 8.49. The summed E-state index contributed by atoms with van der Waals surface area (Å²) in [6, 6.07) is 18.5. The SMILES string of the molecule is Cc1cccc(NC(CC(=O)c2ccc(F)cc2)c2ccc(Cl)c(Cl)c2)c1. The molecule has 5 heteroatoms. The van der Waals surface area contributed by atoms with Crippen molar-refractivity contribution in [3.8, 4) is 0 Å². The van der Waals surface area contributed by atoms with Gasteiger partial charge in [-0.1, -0.05) is 41.4 Å². The molecule has 2 nitrogen and oxygen atoms in total. The van der Waals surface area contributed by atoms with Crippen LogP contribution in [0.5, 0.6) is 0 Å². The van der Waals surface area contributed by atoms with Gasteiger partial charge in [0.05, 0.1) is 16.1 Å². The van der Waals surface area contributed by atoms with Gasteiger partial charge in [0.2, 0.25) is 0 Å². The molecule has 0 saturated carbocycles. The number of carbonyl (C=O) groups excluding carboxylic acids is 1. The third-order valence-corrected chi connectivity index (χ3v) is 5.00. The normalized spacial score (nSPS) is 11.9. The molecule has 3 aromatic carbocycles. The molecule has 3 aromatic rings. The lowest BCUT2D eigenvalue weighted by molar-refractivity contribution is 0.0976. The van der Waals surface area contributed by atoms with Gasteiger partial charge in [-0.15, -0.1) is 0 Å². The zero-order chi connectivity index (χ0) is 19.4. The molecule has 0 bridgehead atoms. The van der Waals surface area contributed by atoms with Gasteiger partial charge >= 0.3 is 0 Å². The molecule has 0 aliphatic heterocycles. The van der Waals surface area contributed by atoms with Crippen LogP contribution < -0.4 is 5.32 Å². The van der Waals surface area contributed by atoms with Crippen LogP contribution in [-0.2, 0) is 0 Å². The van der Waals surface area contributed by atoms with Crippen molar-refractivity contribution in [3.63, 3.8) is 0 Å². The highest BCUT2D eigenvalue weighted by atomic mass is 35.5. The molecule has 1 N–H and O–H groups in total. The van der Waals surface area contributed by atoms with Crippen molar-refractivity contribution in [3.05, 3.63) is 99.3 Å². The molecule has 0 radical (unpaired) electrons. The lowest BCUT2D eigenvalue weighted by Crippen LogP contribution is -2.16. The van der Waals surface area contributed by atoms with E-state index in [2.05, 4.69) is 5.32 Å². The molecule has 0 aromatic heterocycles. The first kappa shape index (κ1) is 19.4. The topological polar surface area (TPSA) is 29.1 Å². The van der Waals surface area contributed by atoms with E-state index in [9.17, 15) is 9.18 Å². The van der Waals surface area contributed by atoms with Crippen LogP contribution >= 0.6 is 23.2 Å². The summed E-state index contributed by atoms with van der Waals surface area (Å²) in [6.07, 6.45) is 0.192. The fourth-order valence-corrected chi connectivity index (χ4v) is 3.16. The van der Waals surface area contributed by atoms with Crippen LogP contribution in [0.15, 0.2) is 66.7 Å². The minimum atomic E-state index is -0.370. The average Bonchev–Trinajstić information content (AvgIpc) is 2.64. The Hall–Kier alpha value is -2.36. The van der Waals surface area contributed by atoms with E-state index in [1.165, 1.54) is 24.3 Å². The van der Waals surface area contributed by atoms with E-state index in [1.807, 2.05) is 37.3 Å². The predicted molar refractivity (Wildman–Crippen MR) is 109 cm³/mol. The summed E-state index contributed by atoms with van der Waals surface area (Å²) in [6.45, 7) is 2.00. The van der Waals surface area contributed by atoms with Crippen molar-refractivity contribution in [1.29, 1.82) is 0 Å². The van der Waals surface area contributed by atoms with Crippen molar-refractivity contribution < 1.29 is 9.18 Å². The van der Waals surface area contributed by atoms with Crippen LogP contribution in [-0.4, -0.2) is 5.78 Å². The second-order valence-corrected chi connectivity index (χ2v) is 7.19. The Kier molecular flexibility index (Phi) is 6.15. The molecule has 0 heterocycles. The van der Waals surface area contributed by atoms with Crippen LogP contribution in [0.2, 0.25) is 10.0 Å². The predicted octanol–water partition coefficient (Wildman–Crippen LogP) is 6.87. The Morgan fingerprint density at radius 2 is 1.74 bits per heavy atom. The first-order chi connectivity index (χ1) is 12.9. The van der Waals surface area contributed by atoms with Gasteiger partial charge in [0, 0.05) is 17.7 Å².